The molecular formula is C19H17N3O2. The fraction of sp³-hybridized carbons (Fsp3) is 0.211. The molecule has 0 N–H and O–H groups in total. The molecule has 0 bridgehead atoms. The normalized spacial score (nSPS) is 11.4. The van der Waals surface area contributed by atoms with Crippen LogP contribution >= 0.6 is 0 Å². The summed E-state index contributed by atoms with van der Waals surface area (Å²) in [5, 5.41) is 1.97. The fourth-order valence-corrected chi connectivity index (χ4v) is 3.13. The molecule has 0 spiro atoms. The zero-order chi connectivity index (χ0) is 16.5. The molecule has 5 heteroatoms. The van der Waals surface area contributed by atoms with E-state index in [4.69, 9.17) is 4.42 Å². The number of benzene rings is 1. The minimum Gasteiger partial charge on any atom is -0.406 e. The minimum atomic E-state index is -0.534. The number of hydrogen-bond donors (Lipinski definition) is 0. The van der Waals surface area contributed by atoms with Crippen LogP contribution in [0.5, 0.6) is 0 Å². The van der Waals surface area contributed by atoms with Crippen LogP contribution in [0, 0.1) is 0 Å². The Morgan fingerprint density at radius 1 is 1.12 bits per heavy atom. The van der Waals surface area contributed by atoms with Gasteiger partial charge in [-0.1, -0.05) is 13.0 Å². The topological polar surface area (TPSA) is 60.9 Å². The van der Waals surface area contributed by atoms with E-state index in [1.54, 1.807) is 12.4 Å². The summed E-state index contributed by atoms with van der Waals surface area (Å²) in [6.45, 7) is 2.80. The average Bonchev–Trinajstić information content (AvgIpc) is 3.03. The van der Waals surface area contributed by atoms with Crippen LogP contribution in [0.3, 0.4) is 0 Å². The molecule has 4 rings (SSSR count). The highest BCUT2D eigenvalue weighted by Crippen LogP contribution is 2.27. The van der Waals surface area contributed by atoms with E-state index < -0.39 is 5.76 Å². The second-order valence-corrected chi connectivity index (χ2v) is 5.77. The molecule has 0 aliphatic rings. The predicted molar refractivity (Wildman–Crippen MR) is 93.1 cm³/mol. The van der Waals surface area contributed by atoms with Gasteiger partial charge in [0.1, 0.15) is 0 Å². The Hall–Kier alpha value is -2.95. The van der Waals surface area contributed by atoms with Crippen molar-refractivity contribution in [1.82, 2.24) is 14.5 Å². The Labute approximate surface area is 138 Å². The standard InChI is InChI=1S/C19H17N3O2/c1-2-16-15-4-3-14-8-12-22(11-7-13-5-9-20-10-6-13)17(14)18(15)24-19(23)21-16/h3-6,8-10,12H,2,7,11H2,1H3. The summed E-state index contributed by atoms with van der Waals surface area (Å²) < 4.78 is 7.61. The van der Waals surface area contributed by atoms with Crippen LogP contribution in [0.15, 0.2) is 58.1 Å². The van der Waals surface area contributed by atoms with Gasteiger partial charge in [-0.2, -0.15) is 4.98 Å². The highest BCUT2D eigenvalue weighted by molar-refractivity contribution is 6.03. The Bertz CT molecular complexity index is 1060. The van der Waals surface area contributed by atoms with Gasteiger partial charge in [0.05, 0.1) is 11.2 Å². The van der Waals surface area contributed by atoms with Gasteiger partial charge in [-0.05, 0) is 42.7 Å². The Morgan fingerprint density at radius 2 is 1.96 bits per heavy atom. The van der Waals surface area contributed by atoms with E-state index in [-0.39, 0.29) is 0 Å². The van der Waals surface area contributed by atoms with Gasteiger partial charge in [-0.3, -0.25) is 4.98 Å². The summed E-state index contributed by atoms with van der Waals surface area (Å²) in [7, 11) is 0. The van der Waals surface area contributed by atoms with Gasteiger partial charge in [0.15, 0.2) is 5.58 Å². The van der Waals surface area contributed by atoms with Crippen molar-refractivity contribution in [2.45, 2.75) is 26.3 Å². The molecule has 0 fully saturated rings. The number of aromatic nitrogens is 3. The lowest BCUT2D eigenvalue weighted by atomic mass is 10.1. The first-order valence-corrected chi connectivity index (χ1v) is 8.06. The van der Waals surface area contributed by atoms with Crippen LogP contribution in [0.4, 0.5) is 0 Å². The van der Waals surface area contributed by atoms with Crippen molar-refractivity contribution >= 4 is 21.9 Å². The molecule has 24 heavy (non-hydrogen) atoms. The summed E-state index contributed by atoms with van der Waals surface area (Å²) in [6.07, 6.45) is 7.23. The molecule has 0 saturated heterocycles. The summed E-state index contributed by atoms with van der Waals surface area (Å²) in [5.74, 6) is -0.534. The van der Waals surface area contributed by atoms with Gasteiger partial charge in [-0.25, -0.2) is 4.79 Å². The summed E-state index contributed by atoms with van der Waals surface area (Å²) >= 11 is 0. The third kappa shape index (κ3) is 2.48. The molecular weight excluding hydrogens is 302 g/mol. The van der Waals surface area contributed by atoms with Gasteiger partial charge in [0, 0.05) is 35.9 Å². The van der Waals surface area contributed by atoms with Crippen molar-refractivity contribution in [3.63, 3.8) is 0 Å². The van der Waals surface area contributed by atoms with Crippen LogP contribution in [0.2, 0.25) is 0 Å². The monoisotopic (exact) mass is 319 g/mol. The van der Waals surface area contributed by atoms with E-state index >= 15 is 0 Å². The van der Waals surface area contributed by atoms with E-state index in [2.05, 4.69) is 20.6 Å². The molecule has 3 aromatic heterocycles. The van der Waals surface area contributed by atoms with Crippen molar-refractivity contribution in [3.8, 4) is 0 Å². The molecule has 0 radical (unpaired) electrons. The second kappa shape index (κ2) is 5.92. The van der Waals surface area contributed by atoms with Gasteiger partial charge < -0.3 is 8.98 Å². The second-order valence-electron chi connectivity index (χ2n) is 5.77. The Balaban J connectivity index is 1.84. The number of pyridine rings is 1. The summed E-state index contributed by atoms with van der Waals surface area (Å²) in [5.41, 5.74) is 3.59. The number of hydrogen-bond acceptors (Lipinski definition) is 4. The maximum atomic E-state index is 11.8. The molecule has 0 atom stereocenters. The maximum Gasteiger partial charge on any atom is 0.439 e. The minimum absolute atomic E-state index is 0.534. The Morgan fingerprint density at radius 3 is 2.75 bits per heavy atom. The lowest BCUT2D eigenvalue weighted by Crippen LogP contribution is -2.08. The lowest BCUT2D eigenvalue weighted by Gasteiger charge is -2.08. The predicted octanol–water partition coefficient (Wildman–Crippen LogP) is 3.34. The maximum absolute atomic E-state index is 11.8. The smallest absolute Gasteiger partial charge is 0.406 e. The quantitative estimate of drug-likeness (QED) is 0.579. The molecule has 0 saturated carbocycles. The first-order chi connectivity index (χ1) is 11.8. The van der Waals surface area contributed by atoms with Gasteiger partial charge >= 0.3 is 5.76 Å². The molecule has 1 aromatic carbocycles. The number of rotatable bonds is 4. The van der Waals surface area contributed by atoms with E-state index in [1.165, 1.54) is 5.56 Å². The fourth-order valence-electron chi connectivity index (χ4n) is 3.13. The molecule has 4 aromatic rings. The number of nitrogens with zero attached hydrogens (tertiary/aromatic N) is 3. The summed E-state index contributed by atoms with van der Waals surface area (Å²) in [4.78, 5) is 19.9. The van der Waals surface area contributed by atoms with Crippen LogP contribution < -0.4 is 5.76 Å². The first-order valence-electron chi connectivity index (χ1n) is 8.06. The van der Waals surface area contributed by atoms with Gasteiger partial charge in [0.25, 0.3) is 0 Å². The highest BCUT2D eigenvalue weighted by Gasteiger charge is 2.12. The molecule has 0 amide bonds. The van der Waals surface area contributed by atoms with E-state index in [0.717, 1.165) is 34.9 Å². The molecule has 0 aliphatic heterocycles. The van der Waals surface area contributed by atoms with Gasteiger partial charge in [0.2, 0.25) is 0 Å². The van der Waals surface area contributed by atoms with Crippen molar-refractivity contribution in [2.75, 3.05) is 0 Å². The molecule has 120 valence electrons. The van der Waals surface area contributed by atoms with Crippen LogP contribution in [0.1, 0.15) is 18.2 Å². The van der Waals surface area contributed by atoms with Crippen molar-refractivity contribution in [1.29, 1.82) is 0 Å². The van der Waals surface area contributed by atoms with E-state index in [1.807, 2.05) is 37.4 Å². The van der Waals surface area contributed by atoms with Crippen molar-refractivity contribution < 1.29 is 4.42 Å². The number of aryl methyl sites for hydroxylation is 3. The van der Waals surface area contributed by atoms with Crippen LogP contribution in [0.25, 0.3) is 21.9 Å². The third-order valence-electron chi connectivity index (χ3n) is 4.34. The molecule has 5 nitrogen and oxygen atoms in total. The van der Waals surface area contributed by atoms with Crippen molar-refractivity contribution in [2.24, 2.45) is 0 Å². The van der Waals surface area contributed by atoms with Crippen molar-refractivity contribution in [3.05, 3.63) is 70.7 Å². The SMILES string of the molecule is CCc1nc(=O)oc2c1ccc1ccn(CCc3ccncc3)c12. The van der Waals surface area contributed by atoms with E-state index in [9.17, 15) is 4.79 Å². The average molecular weight is 319 g/mol. The zero-order valence-corrected chi connectivity index (χ0v) is 13.4. The molecule has 0 aliphatic carbocycles. The van der Waals surface area contributed by atoms with E-state index in [0.29, 0.717) is 12.0 Å². The Kier molecular flexibility index (Phi) is 3.61. The summed E-state index contributed by atoms with van der Waals surface area (Å²) in [6, 6.07) is 10.1. The zero-order valence-electron chi connectivity index (χ0n) is 13.4. The van der Waals surface area contributed by atoms with Crippen LogP contribution in [-0.2, 0) is 19.4 Å². The molecule has 0 unspecified atom stereocenters. The van der Waals surface area contributed by atoms with Gasteiger partial charge in [-0.15, -0.1) is 0 Å². The van der Waals surface area contributed by atoms with Crippen LogP contribution in [-0.4, -0.2) is 14.5 Å². The lowest BCUT2D eigenvalue weighted by molar-refractivity contribution is 0.527. The highest BCUT2D eigenvalue weighted by atomic mass is 16.4. The first kappa shape index (κ1) is 14.6. The largest absolute Gasteiger partial charge is 0.439 e. The molecule has 3 heterocycles. The number of fused-ring (bicyclic) bond motifs is 3. The third-order valence-corrected chi connectivity index (χ3v) is 4.34.